The van der Waals surface area contributed by atoms with Crippen LogP contribution in [0.15, 0.2) is 24.3 Å². The number of halogens is 3. The summed E-state index contributed by atoms with van der Waals surface area (Å²) in [5, 5.41) is 0. The Morgan fingerprint density at radius 1 is 1.28 bits per heavy atom. The number of nitrogens with two attached hydrogens (primary N) is 1. The van der Waals surface area contributed by atoms with Crippen molar-refractivity contribution in [3.05, 3.63) is 29.8 Å². The van der Waals surface area contributed by atoms with Gasteiger partial charge in [0.2, 0.25) is 0 Å². The van der Waals surface area contributed by atoms with Gasteiger partial charge in [0.05, 0.1) is 0 Å². The fourth-order valence-electron chi connectivity index (χ4n) is 2.17. The van der Waals surface area contributed by atoms with Crippen LogP contribution in [0.1, 0.15) is 25.3 Å². The van der Waals surface area contributed by atoms with E-state index in [-0.39, 0.29) is 17.2 Å². The first-order chi connectivity index (χ1) is 8.31. The molecular weight excluding hydrogens is 243 g/mol. The molecule has 0 spiro atoms. The van der Waals surface area contributed by atoms with Gasteiger partial charge in [-0.3, -0.25) is 0 Å². The molecule has 2 rings (SSSR count). The maximum Gasteiger partial charge on any atom is 0.573 e. The second-order valence-corrected chi connectivity index (χ2v) is 5.02. The van der Waals surface area contributed by atoms with Crippen LogP contribution in [-0.4, -0.2) is 12.4 Å². The molecule has 0 aliphatic heterocycles. The summed E-state index contributed by atoms with van der Waals surface area (Å²) in [7, 11) is 0. The summed E-state index contributed by atoms with van der Waals surface area (Å²) in [6.07, 6.45) is -1.64. The van der Waals surface area contributed by atoms with Crippen molar-refractivity contribution in [1.29, 1.82) is 0 Å². The van der Waals surface area contributed by atoms with Crippen LogP contribution in [0, 0.1) is 5.41 Å². The monoisotopic (exact) mass is 259 g/mol. The lowest BCUT2D eigenvalue weighted by Crippen LogP contribution is -2.29. The van der Waals surface area contributed by atoms with Crippen LogP contribution < -0.4 is 10.5 Å². The summed E-state index contributed by atoms with van der Waals surface area (Å²) in [5.74, 6) is -0.183. The molecule has 1 aliphatic carbocycles. The number of alkyl halides is 3. The number of rotatable bonds is 4. The van der Waals surface area contributed by atoms with E-state index in [2.05, 4.69) is 4.74 Å². The van der Waals surface area contributed by atoms with Gasteiger partial charge in [-0.25, -0.2) is 0 Å². The van der Waals surface area contributed by atoms with Gasteiger partial charge < -0.3 is 10.5 Å². The first-order valence-electron chi connectivity index (χ1n) is 5.91. The highest BCUT2D eigenvalue weighted by Crippen LogP contribution is 2.50. The predicted molar refractivity (Wildman–Crippen MR) is 62.1 cm³/mol. The molecule has 5 heteroatoms. The molecule has 18 heavy (non-hydrogen) atoms. The summed E-state index contributed by atoms with van der Waals surface area (Å²) < 4.78 is 39.8. The Morgan fingerprint density at radius 2 is 1.83 bits per heavy atom. The quantitative estimate of drug-likeness (QED) is 0.900. The first-order valence-corrected chi connectivity index (χ1v) is 5.91. The molecule has 0 radical (unpaired) electrons. The largest absolute Gasteiger partial charge is 0.573 e. The van der Waals surface area contributed by atoms with Crippen LogP contribution in [0.25, 0.3) is 0 Å². The van der Waals surface area contributed by atoms with Gasteiger partial charge in [-0.1, -0.05) is 12.1 Å². The third-order valence-electron chi connectivity index (χ3n) is 3.57. The standard InChI is InChI=1S/C13H16F3NO/c1-9(17)12(6-7-12)8-10-2-4-11(5-3-10)18-13(14,15)16/h2-5,9H,6-8,17H2,1H3. The van der Waals surface area contributed by atoms with E-state index in [0.29, 0.717) is 0 Å². The van der Waals surface area contributed by atoms with Crippen molar-refractivity contribution in [3.63, 3.8) is 0 Å². The average molecular weight is 259 g/mol. The third kappa shape index (κ3) is 3.16. The summed E-state index contributed by atoms with van der Waals surface area (Å²) in [6, 6.07) is 6.15. The highest BCUT2D eigenvalue weighted by molar-refractivity contribution is 5.29. The molecule has 1 saturated carbocycles. The molecule has 0 aromatic heterocycles. The Hall–Kier alpha value is -1.23. The zero-order valence-corrected chi connectivity index (χ0v) is 10.1. The number of ether oxygens (including phenoxy) is 1. The lowest BCUT2D eigenvalue weighted by molar-refractivity contribution is -0.274. The van der Waals surface area contributed by atoms with Crippen LogP contribution in [0.4, 0.5) is 13.2 Å². The number of benzene rings is 1. The van der Waals surface area contributed by atoms with Gasteiger partial charge in [0.1, 0.15) is 5.75 Å². The minimum atomic E-state index is -4.63. The Kier molecular flexibility index (Phi) is 3.27. The van der Waals surface area contributed by atoms with Crippen LogP contribution in [-0.2, 0) is 6.42 Å². The van der Waals surface area contributed by atoms with E-state index in [1.54, 1.807) is 12.1 Å². The van der Waals surface area contributed by atoms with Crippen molar-refractivity contribution < 1.29 is 17.9 Å². The molecule has 2 N–H and O–H groups in total. The Balaban J connectivity index is 2.00. The molecule has 1 unspecified atom stereocenters. The molecule has 0 heterocycles. The van der Waals surface area contributed by atoms with Crippen molar-refractivity contribution in [2.45, 2.75) is 38.6 Å². The zero-order valence-electron chi connectivity index (χ0n) is 10.1. The Bertz CT molecular complexity index is 407. The van der Waals surface area contributed by atoms with Crippen LogP contribution >= 0.6 is 0 Å². The smallest absolute Gasteiger partial charge is 0.406 e. The van der Waals surface area contributed by atoms with E-state index in [1.165, 1.54) is 12.1 Å². The van der Waals surface area contributed by atoms with Crippen LogP contribution in [0.3, 0.4) is 0 Å². The van der Waals surface area contributed by atoms with Crippen LogP contribution in [0.2, 0.25) is 0 Å². The number of hydrogen-bond acceptors (Lipinski definition) is 2. The van der Waals surface area contributed by atoms with E-state index in [0.717, 1.165) is 24.8 Å². The molecule has 0 saturated heterocycles. The SMILES string of the molecule is CC(N)C1(Cc2ccc(OC(F)(F)F)cc2)CC1. The second kappa shape index (κ2) is 4.46. The van der Waals surface area contributed by atoms with Crippen molar-refractivity contribution in [3.8, 4) is 5.75 Å². The Morgan fingerprint density at radius 3 is 2.22 bits per heavy atom. The molecule has 0 bridgehead atoms. The number of hydrogen-bond donors (Lipinski definition) is 1. The highest BCUT2D eigenvalue weighted by atomic mass is 19.4. The lowest BCUT2D eigenvalue weighted by Gasteiger charge is -2.19. The van der Waals surface area contributed by atoms with Gasteiger partial charge in [0.25, 0.3) is 0 Å². The van der Waals surface area contributed by atoms with Crippen molar-refractivity contribution in [2.24, 2.45) is 11.1 Å². The lowest BCUT2D eigenvalue weighted by atomic mass is 9.90. The summed E-state index contributed by atoms with van der Waals surface area (Å²) in [5.41, 5.74) is 7.06. The van der Waals surface area contributed by atoms with Gasteiger partial charge in [0.15, 0.2) is 0 Å². The molecule has 1 aromatic carbocycles. The van der Waals surface area contributed by atoms with Crippen molar-refractivity contribution in [1.82, 2.24) is 0 Å². The molecule has 2 nitrogen and oxygen atoms in total. The van der Waals surface area contributed by atoms with Gasteiger partial charge in [0, 0.05) is 6.04 Å². The molecular formula is C13H16F3NO. The summed E-state index contributed by atoms with van der Waals surface area (Å²) >= 11 is 0. The van der Waals surface area contributed by atoms with E-state index in [4.69, 9.17) is 5.73 Å². The molecule has 1 aromatic rings. The Labute approximate surface area is 104 Å². The van der Waals surface area contributed by atoms with Gasteiger partial charge in [-0.05, 0) is 49.3 Å². The minimum absolute atomic E-state index is 0.114. The van der Waals surface area contributed by atoms with Crippen molar-refractivity contribution in [2.75, 3.05) is 0 Å². The third-order valence-corrected chi connectivity index (χ3v) is 3.57. The zero-order chi connectivity index (χ0) is 13.4. The van der Waals surface area contributed by atoms with Gasteiger partial charge in [-0.15, -0.1) is 13.2 Å². The molecule has 1 fully saturated rings. The highest BCUT2D eigenvalue weighted by Gasteiger charge is 2.45. The minimum Gasteiger partial charge on any atom is -0.406 e. The summed E-state index contributed by atoms with van der Waals surface area (Å²) in [6.45, 7) is 1.98. The molecule has 100 valence electrons. The summed E-state index contributed by atoms with van der Waals surface area (Å²) in [4.78, 5) is 0. The normalized spacial score (nSPS) is 19.4. The van der Waals surface area contributed by atoms with E-state index in [9.17, 15) is 13.2 Å². The second-order valence-electron chi connectivity index (χ2n) is 5.02. The topological polar surface area (TPSA) is 35.2 Å². The average Bonchev–Trinajstić information content (AvgIpc) is 3.00. The fourth-order valence-corrected chi connectivity index (χ4v) is 2.17. The van der Waals surface area contributed by atoms with Crippen molar-refractivity contribution >= 4 is 0 Å². The first kappa shape index (κ1) is 13.2. The molecule has 1 atom stereocenters. The van der Waals surface area contributed by atoms with Gasteiger partial charge >= 0.3 is 6.36 Å². The predicted octanol–water partition coefficient (Wildman–Crippen LogP) is 3.26. The maximum atomic E-state index is 12.0. The van der Waals surface area contributed by atoms with Crippen LogP contribution in [0.5, 0.6) is 5.75 Å². The van der Waals surface area contributed by atoms with E-state index in [1.807, 2.05) is 6.92 Å². The van der Waals surface area contributed by atoms with Gasteiger partial charge in [-0.2, -0.15) is 0 Å². The maximum absolute atomic E-state index is 12.0. The molecule has 1 aliphatic rings. The van der Waals surface area contributed by atoms with E-state index < -0.39 is 6.36 Å². The van der Waals surface area contributed by atoms with E-state index >= 15 is 0 Å². The fraction of sp³-hybridized carbons (Fsp3) is 0.538. The molecule has 0 amide bonds.